The van der Waals surface area contributed by atoms with Crippen LogP contribution in [0, 0.1) is 5.92 Å². The van der Waals surface area contributed by atoms with E-state index in [-0.39, 0.29) is 0 Å². The van der Waals surface area contributed by atoms with E-state index in [4.69, 9.17) is 4.74 Å². The smallest absolute Gasteiger partial charge is 0.0489 e. The van der Waals surface area contributed by atoms with Crippen LogP contribution < -0.4 is 0 Å². The monoisotopic (exact) mass is 268 g/mol. The second-order valence-corrected chi connectivity index (χ2v) is 6.81. The third-order valence-corrected chi connectivity index (χ3v) is 4.50. The van der Waals surface area contributed by atoms with Gasteiger partial charge in [0.05, 0.1) is 0 Å². The van der Waals surface area contributed by atoms with Crippen LogP contribution in [0.4, 0.5) is 0 Å². The van der Waals surface area contributed by atoms with Crippen LogP contribution in [0.25, 0.3) is 0 Å². The van der Waals surface area contributed by atoms with Gasteiger partial charge in [-0.05, 0) is 38.6 Å². The first-order valence-corrected chi connectivity index (χ1v) is 8.22. The fourth-order valence-electron chi connectivity index (χ4n) is 3.41. The van der Waals surface area contributed by atoms with Crippen LogP contribution in [0.1, 0.15) is 46.5 Å². The molecule has 2 atom stereocenters. The Morgan fingerprint density at radius 2 is 2.05 bits per heavy atom. The molecule has 0 amide bonds. The molecule has 3 nitrogen and oxygen atoms in total. The fourth-order valence-corrected chi connectivity index (χ4v) is 3.41. The largest absolute Gasteiger partial charge is 0.381 e. The Morgan fingerprint density at radius 3 is 2.84 bits per heavy atom. The minimum Gasteiger partial charge on any atom is -0.381 e. The number of hydrogen-bond acceptors (Lipinski definition) is 3. The zero-order valence-corrected chi connectivity index (χ0v) is 13.1. The van der Waals surface area contributed by atoms with E-state index in [1.807, 2.05) is 0 Å². The maximum Gasteiger partial charge on any atom is 0.0489 e. The van der Waals surface area contributed by atoms with Gasteiger partial charge in [0.1, 0.15) is 0 Å². The SMILES string of the molecule is CC(C)COCCCN1CC2CCCCN2CC1C. The van der Waals surface area contributed by atoms with Gasteiger partial charge in [0.2, 0.25) is 0 Å². The quantitative estimate of drug-likeness (QED) is 0.689. The number of piperazine rings is 1. The lowest BCUT2D eigenvalue weighted by atomic mass is 9.97. The highest BCUT2D eigenvalue weighted by Gasteiger charge is 2.32. The normalized spacial score (nSPS) is 29.7. The Kier molecular flexibility index (Phi) is 6.11. The predicted octanol–water partition coefficient (Wildman–Crippen LogP) is 2.61. The summed E-state index contributed by atoms with van der Waals surface area (Å²) in [5.41, 5.74) is 0. The summed E-state index contributed by atoms with van der Waals surface area (Å²) in [6.07, 6.45) is 5.43. The van der Waals surface area contributed by atoms with Crippen molar-refractivity contribution in [1.82, 2.24) is 9.80 Å². The summed E-state index contributed by atoms with van der Waals surface area (Å²) in [6.45, 7) is 13.8. The fraction of sp³-hybridized carbons (Fsp3) is 1.00. The van der Waals surface area contributed by atoms with Crippen molar-refractivity contribution in [2.24, 2.45) is 5.92 Å². The van der Waals surface area contributed by atoms with Crippen molar-refractivity contribution in [3.8, 4) is 0 Å². The van der Waals surface area contributed by atoms with Crippen LogP contribution in [0.15, 0.2) is 0 Å². The number of hydrogen-bond donors (Lipinski definition) is 0. The lowest BCUT2D eigenvalue weighted by Gasteiger charge is -2.47. The van der Waals surface area contributed by atoms with Crippen molar-refractivity contribution in [2.75, 3.05) is 39.4 Å². The van der Waals surface area contributed by atoms with Gasteiger partial charge in [-0.15, -0.1) is 0 Å². The van der Waals surface area contributed by atoms with Crippen molar-refractivity contribution in [3.05, 3.63) is 0 Å². The first kappa shape index (κ1) is 15.3. The predicted molar refractivity (Wildman–Crippen MR) is 80.5 cm³/mol. The summed E-state index contributed by atoms with van der Waals surface area (Å²) in [5, 5.41) is 0. The third-order valence-electron chi connectivity index (χ3n) is 4.50. The molecule has 0 N–H and O–H groups in total. The van der Waals surface area contributed by atoms with Crippen LogP contribution in [-0.4, -0.2) is 61.3 Å². The zero-order valence-electron chi connectivity index (χ0n) is 13.1. The summed E-state index contributed by atoms with van der Waals surface area (Å²) in [6, 6.07) is 1.56. The van der Waals surface area contributed by atoms with Crippen LogP contribution in [0.2, 0.25) is 0 Å². The Labute approximate surface area is 119 Å². The van der Waals surface area contributed by atoms with Gasteiger partial charge < -0.3 is 4.74 Å². The van der Waals surface area contributed by atoms with Crippen LogP contribution in [0.3, 0.4) is 0 Å². The Hall–Kier alpha value is -0.120. The molecule has 0 aromatic rings. The molecule has 2 rings (SSSR count). The second-order valence-electron chi connectivity index (χ2n) is 6.81. The van der Waals surface area contributed by atoms with E-state index in [2.05, 4.69) is 30.6 Å². The van der Waals surface area contributed by atoms with Crippen molar-refractivity contribution >= 4 is 0 Å². The van der Waals surface area contributed by atoms with Gasteiger partial charge in [0.25, 0.3) is 0 Å². The van der Waals surface area contributed by atoms with E-state index in [0.717, 1.165) is 25.3 Å². The molecule has 2 heterocycles. The highest BCUT2D eigenvalue weighted by atomic mass is 16.5. The molecule has 112 valence electrons. The molecule has 0 aromatic heterocycles. The number of fused-ring (bicyclic) bond motifs is 1. The number of nitrogens with zero attached hydrogens (tertiary/aromatic N) is 2. The number of ether oxygens (including phenoxy) is 1. The highest BCUT2D eigenvalue weighted by molar-refractivity contribution is 4.88. The highest BCUT2D eigenvalue weighted by Crippen LogP contribution is 2.23. The minimum atomic E-state index is 0.657. The Bertz CT molecular complexity index is 257. The van der Waals surface area contributed by atoms with Crippen molar-refractivity contribution in [3.63, 3.8) is 0 Å². The molecule has 19 heavy (non-hydrogen) atoms. The topological polar surface area (TPSA) is 15.7 Å². The van der Waals surface area contributed by atoms with Crippen LogP contribution in [0.5, 0.6) is 0 Å². The van der Waals surface area contributed by atoms with Crippen molar-refractivity contribution in [1.29, 1.82) is 0 Å². The van der Waals surface area contributed by atoms with E-state index in [9.17, 15) is 0 Å². The molecule has 2 aliphatic heterocycles. The van der Waals surface area contributed by atoms with E-state index < -0.39 is 0 Å². The van der Waals surface area contributed by atoms with E-state index in [1.54, 1.807) is 0 Å². The average Bonchev–Trinajstić information content (AvgIpc) is 2.38. The molecule has 0 aromatic carbocycles. The third kappa shape index (κ3) is 4.73. The molecule has 0 aliphatic carbocycles. The molecular weight excluding hydrogens is 236 g/mol. The first-order valence-electron chi connectivity index (χ1n) is 8.22. The lowest BCUT2D eigenvalue weighted by molar-refractivity contribution is 0.00929. The summed E-state index contributed by atoms with van der Waals surface area (Å²) >= 11 is 0. The average molecular weight is 268 g/mol. The van der Waals surface area contributed by atoms with Gasteiger partial charge in [0, 0.05) is 44.9 Å². The van der Waals surface area contributed by atoms with Gasteiger partial charge in [-0.25, -0.2) is 0 Å². The molecule has 0 radical (unpaired) electrons. The van der Waals surface area contributed by atoms with Gasteiger partial charge in [-0.2, -0.15) is 0 Å². The molecule has 0 spiro atoms. The maximum absolute atomic E-state index is 5.69. The summed E-state index contributed by atoms with van der Waals surface area (Å²) in [4.78, 5) is 5.41. The molecule has 0 bridgehead atoms. The van der Waals surface area contributed by atoms with Crippen LogP contribution in [-0.2, 0) is 4.74 Å². The Balaban J connectivity index is 1.65. The summed E-state index contributed by atoms with van der Waals surface area (Å²) < 4.78 is 5.69. The van der Waals surface area contributed by atoms with Gasteiger partial charge in [-0.3, -0.25) is 9.80 Å². The summed E-state index contributed by atoms with van der Waals surface area (Å²) in [7, 11) is 0. The molecule has 0 saturated carbocycles. The summed E-state index contributed by atoms with van der Waals surface area (Å²) in [5.74, 6) is 0.657. The van der Waals surface area contributed by atoms with E-state index in [0.29, 0.717) is 5.92 Å². The second kappa shape index (κ2) is 7.61. The van der Waals surface area contributed by atoms with Gasteiger partial charge in [-0.1, -0.05) is 20.3 Å². The first-order chi connectivity index (χ1) is 9.16. The molecule has 2 aliphatic rings. The van der Waals surface area contributed by atoms with Gasteiger partial charge >= 0.3 is 0 Å². The van der Waals surface area contributed by atoms with Crippen LogP contribution >= 0.6 is 0 Å². The van der Waals surface area contributed by atoms with E-state index in [1.165, 1.54) is 51.9 Å². The van der Waals surface area contributed by atoms with Crippen molar-refractivity contribution < 1.29 is 4.74 Å². The Morgan fingerprint density at radius 1 is 1.21 bits per heavy atom. The standard InChI is InChI=1S/C16H32N2O/c1-14(2)13-19-10-6-9-17-12-16-7-4-5-8-18(16)11-15(17)3/h14-16H,4-13H2,1-3H3. The number of piperidine rings is 1. The number of rotatable bonds is 6. The molecule has 2 saturated heterocycles. The molecule has 3 heteroatoms. The molecular formula is C16H32N2O. The van der Waals surface area contributed by atoms with Crippen molar-refractivity contribution in [2.45, 2.75) is 58.5 Å². The van der Waals surface area contributed by atoms with Gasteiger partial charge in [0.15, 0.2) is 0 Å². The maximum atomic E-state index is 5.69. The van der Waals surface area contributed by atoms with E-state index >= 15 is 0 Å². The minimum absolute atomic E-state index is 0.657. The molecule has 2 fully saturated rings. The molecule has 2 unspecified atom stereocenters. The zero-order chi connectivity index (χ0) is 13.7. The lowest BCUT2D eigenvalue weighted by Crippen LogP contribution is -2.58.